The van der Waals surface area contributed by atoms with E-state index in [1.165, 1.54) is 0 Å². The maximum Gasteiger partial charge on any atom is 0.319 e. The number of hydrogen-bond acceptors (Lipinski definition) is 4. The van der Waals surface area contributed by atoms with E-state index in [2.05, 4.69) is 10.6 Å². The van der Waals surface area contributed by atoms with Crippen molar-refractivity contribution in [1.82, 2.24) is 5.32 Å². The number of carbonyl (C=O) groups excluding carboxylic acids is 1. The van der Waals surface area contributed by atoms with E-state index < -0.39 is 0 Å². The minimum Gasteiger partial charge on any atom is -0.489 e. The summed E-state index contributed by atoms with van der Waals surface area (Å²) in [6, 6.07) is 10.8. The summed E-state index contributed by atoms with van der Waals surface area (Å²) in [5.41, 5.74) is 0.651. The quantitative estimate of drug-likeness (QED) is 0.685. The number of urea groups is 1. The normalized spacial score (nSPS) is 10.6. The van der Waals surface area contributed by atoms with Crippen molar-refractivity contribution in [2.24, 2.45) is 0 Å². The molecule has 1 aromatic carbocycles. The number of furan rings is 1. The van der Waals surface area contributed by atoms with E-state index in [4.69, 9.17) is 13.9 Å². The van der Waals surface area contributed by atoms with Gasteiger partial charge >= 0.3 is 6.03 Å². The van der Waals surface area contributed by atoms with Gasteiger partial charge in [0.15, 0.2) is 0 Å². The van der Waals surface area contributed by atoms with Gasteiger partial charge in [0.2, 0.25) is 0 Å². The van der Waals surface area contributed by atoms with Crippen molar-refractivity contribution in [1.29, 1.82) is 0 Å². The van der Waals surface area contributed by atoms with Crippen LogP contribution < -0.4 is 15.4 Å². The van der Waals surface area contributed by atoms with Crippen LogP contribution >= 0.6 is 0 Å². The molecule has 0 radical (unpaired) electrons. The Morgan fingerprint density at radius 1 is 1.21 bits per heavy atom. The van der Waals surface area contributed by atoms with E-state index in [1.54, 1.807) is 6.26 Å². The van der Waals surface area contributed by atoms with Crippen LogP contribution in [0.25, 0.3) is 0 Å². The summed E-state index contributed by atoms with van der Waals surface area (Å²) in [7, 11) is 0. The molecule has 130 valence electrons. The van der Waals surface area contributed by atoms with Gasteiger partial charge in [-0.2, -0.15) is 0 Å². The second-order valence-corrected chi connectivity index (χ2v) is 5.53. The Hall–Kier alpha value is -2.47. The van der Waals surface area contributed by atoms with Crippen LogP contribution in [0.15, 0.2) is 47.1 Å². The van der Waals surface area contributed by atoms with Crippen LogP contribution in [-0.4, -0.2) is 25.3 Å². The van der Waals surface area contributed by atoms with Crippen LogP contribution in [0.2, 0.25) is 0 Å². The molecule has 0 aliphatic heterocycles. The van der Waals surface area contributed by atoms with Gasteiger partial charge in [-0.25, -0.2) is 4.79 Å². The number of rotatable bonds is 9. The SMILES string of the molecule is CC(C)Oc1ccccc1NC(=O)NCCCOCc1ccco1. The van der Waals surface area contributed by atoms with Crippen molar-refractivity contribution in [2.45, 2.75) is 33.0 Å². The largest absolute Gasteiger partial charge is 0.489 e. The molecule has 2 N–H and O–H groups in total. The highest BCUT2D eigenvalue weighted by Gasteiger charge is 2.08. The lowest BCUT2D eigenvalue weighted by Gasteiger charge is -2.15. The maximum atomic E-state index is 11.9. The number of amides is 2. The molecular formula is C18H24N2O4. The minimum absolute atomic E-state index is 0.0438. The first-order valence-electron chi connectivity index (χ1n) is 8.06. The van der Waals surface area contributed by atoms with E-state index in [0.29, 0.717) is 31.2 Å². The third kappa shape index (κ3) is 6.34. The fourth-order valence-electron chi connectivity index (χ4n) is 2.04. The Kier molecular flexibility index (Phi) is 7.17. The molecule has 0 fully saturated rings. The fraction of sp³-hybridized carbons (Fsp3) is 0.389. The van der Waals surface area contributed by atoms with E-state index >= 15 is 0 Å². The highest BCUT2D eigenvalue weighted by atomic mass is 16.5. The average molecular weight is 332 g/mol. The second kappa shape index (κ2) is 9.62. The zero-order valence-electron chi connectivity index (χ0n) is 14.1. The molecule has 2 rings (SSSR count). The molecule has 6 nitrogen and oxygen atoms in total. The van der Waals surface area contributed by atoms with E-state index in [1.807, 2.05) is 50.2 Å². The van der Waals surface area contributed by atoms with Crippen molar-refractivity contribution >= 4 is 11.7 Å². The topological polar surface area (TPSA) is 72.7 Å². The van der Waals surface area contributed by atoms with Gasteiger partial charge in [-0.3, -0.25) is 0 Å². The van der Waals surface area contributed by atoms with Gasteiger partial charge in [-0.1, -0.05) is 12.1 Å². The molecule has 0 atom stereocenters. The third-order valence-electron chi connectivity index (χ3n) is 3.07. The monoisotopic (exact) mass is 332 g/mol. The number of benzene rings is 1. The highest BCUT2D eigenvalue weighted by molar-refractivity contribution is 5.90. The molecule has 2 amide bonds. The molecule has 1 heterocycles. The molecule has 0 aliphatic rings. The first kappa shape index (κ1) is 17.9. The van der Waals surface area contributed by atoms with Crippen molar-refractivity contribution in [3.63, 3.8) is 0 Å². The molecule has 2 aromatic rings. The van der Waals surface area contributed by atoms with Crippen molar-refractivity contribution in [3.05, 3.63) is 48.4 Å². The van der Waals surface area contributed by atoms with E-state index in [-0.39, 0.29) is 12.1 Å². The summed E-state index contributed by atoms with van der Waals surface area (Å²) in [6.07, 6.45) is 2.38. The Morgan fingerprint density at radius 2 is 2.04 bits per heavy atom. The second-order valence-electron chi connectivity index (χ2n) is 5.53. The van der Waals surface area contributed by atoms with Crippen LogP contribution in [0.5, 0.6) is 5.75 Å². The van der Waals surface area contributed by atoms with Gasteiger partial charge in [-0.15, -0.1) is 0 Å². The first-order chi connectivity index (χ1) is 11.6. The van der Waals surface area contributed by atoms with Gasteiger partial charge < -0.3 is 24.5 Å². The molecule has 0 saturated carbocycles. The summed E-state index contributed by atoms with van der Waals surface area (Å²) >= 11 is 0. The number of ether oxygens (including phenoxy) is 2. The van der Waals surface area contributed by atoms with E-state index in [0.717, 1.165) is 12.2 Å². The van der Waals surface area contributed by atoms with Crippen molar-refractivity contribution in [3.8, 4) is 5.75 Å². The number of anilines is 1. The van der Waals surface area contributed by atoms with Gasteiger partial charge in [0.1, 0.15) is 18.1 Å². The summed E-state index contributed by atoms with van der Waals surface area (Å²) < 4.78 is 16.3. The number of para-hydroxylation sites is 2. The third-order valence-corrected chi connectivity index (χ3v) is 3.07. The van der Waals surface area contributed by atoms with Crippen LogP contribution in [0.3, 0.4) is 0 Å². The van der Waals surface area contributed by atoms with Gasteiger partial charge in [-0.05, 0) is 44.5 Å². The molecule has 0 spiro atoms. The molecular weight excluding hydrogens is 308 g/mol. The predicted molar refractivity (Wildman–Crippen MR) is 92.2 cm³/mol. The van der Waals surface area contributed by atoms with Crippen molar-refractivity contribution < 1.29 is 18.7 Å². The maximum absolute atomic E-state index is 11.9. The Balaban J connectivity index is 1.64. The van der Waals surface area contributed by atoms with Crippen LogP contribution in [0.1, 0.15) is 26.0 Å². The van der Waals surface area contributed by atoms with Crippen LogP contribution in [-0.2, 0) is 11.3 Å². The van der Waals surface area contributed by atoms with Crippen molar-refractivity contribution in [2.75, 3.05) is 18.5 Å². The molecule has 24 heavy (non-hydrogen) atoms. The minimum atomic E-state index is -0.263. The molecule has 0 saturated heterocycles. The smallest absolute Gasteiger partial charge is 0.319 e. The van der Waals surface area contributed by atoms with E-state index in [9.17, 15) is 4.79 Å². The van der Waals surface area contributed by atoms with Gasteiger partial charge in [0.05, 0.1) is 18.1 Å². The predicted octanol–water partition coefficient (Wildman–Crippen LogP) is 3.80. The van der Waals surface area contributed by atoms with Crippen LogP contribution in [0, 0.1) is 0 Å². The standard InChI is InChI=1S/C18H24N2O4/c1-14(2)24-17-9-4-3-8-16(17)20-18(21)19-10-6-11-22-13-15-7-5-12-23-15/h3-5,7-9,12,14H,6,10-11,13H2,1-2H3,(H2,19,20,21). The summed E-state index contributed by atoms with van der Waals surface area (Å²) in [6.45, 7) is 5.41. The average Bonchev–Trinajstić information content (AvgIpc) is 3.05. The Labute approximate surface area is 142 Å². The molecule has 0 unspecified atom stereocenters. The number of carbonyl (C=O) groups is 1. The Bertz CT molecular complexity index is 611. The number of nitrogens with one attached hydrogen (secondary N) is 2. The zero-order valence-corrected chi connectivity index (χ0v) is 14.1. The Morgan fingerprint density at radius 3 is 2.79 bits per heavy atom. The zero-order chi connectivity index (χ0) is 17.2. The van der Waals surface area contributed by atoms with Gasteiger partial charge in [0, 0.05) is 13.2 Å². The lowest BCUT2D eigenvalue weighted by molar-refractivity contribution is 0.104. The molecule has 0 bridgehead atoms. The van der Waals surface area contributed by atoms with Gasteiger partial charge in [0.25, 0.3) is 0 Å². The lowest BCUT2D eigenvalue weighted by atomic mass is 10.3. The molecule has 6 heteroatoms. The summed E-state index contributed by atoms with van der Waals surface area (Å²) in [4.78, 5) is 11.9. The fourth-order valence-corrected chi connectivity index (χ4v) is 2.04. The summed E-state index contributed by atoms with van der Waals surface area (Å²) in [5, 5.41) is 5.59. The lowest BCUT2D eigenvalue weighted by Crippen LogP contribution is -2.30. The first-order valence-corrected chi connectivity index (χ1v) is 8.06. The van der Waals surface area contributed by atoms with Crippen LogP contribution in [0.4, 0.5) is 10.5 Å². The molecule has 1 aromatic heterocycles. The summed E-state index contributed by atoms with van der Waals surface area (Å²) in [5.74, 6) is 1.45. The highest BCUT2D eigenvalue weighted by Crippen LogP contribution is 2.24. The molecule has 0 aliphatic carbocycles. The number of hydrogen-bond donors (Lipinski definition) is 2.